The lowest BCUT2D eigenvalue weighted by Gasteiger charge is -2.10. The molecule has 0 saturated carbocycles. The van der Waals surface area contributed by atoms with Crippen LogP contribution in [-0.2, 0) is 0 Å². The van der Waals surface area contributed by atoms with Gasteiger partial charge in [-0.3, -0.25) is 9.72 Å². The number of benzene rings is 1. The van der Waals surface area contributed by atoms with Crippen LogP contribution >= 0.6 is 0 Å². The smallest absolute Gasteiger partial charge is 0.329 e. The number of halogens is 4. The van der Waals surface area contributed by atoms with Crippen LogP contribution in [0.1, 0.15) is 0 Å². The number of urea groups is 1. The lowest BCUT2D eigenvalue weighted by molar-refractivity contribution is -0.122. The highest BCUT2D eigenvalue weighted by atomic mass is 19.4. The second-order valence-corrected chi connectivity index (χ2v) is 6.65. The zero-order chi connectivity index (χ0) is 22.0. The molecule has 6 nitrogen and oxygen atoms in total. The molecule has 3 aromatic heterocycles. The number of carbonyl (C=O) groups excluding carboxylic acids is 1. The van der Waals surface area contributed by atoms with Crippen LogP contribution in [-0.4, -0.2) is 33.1 Å². The van der Waals surface area contributed by atoms with Crippen LogP contribution in [0.25, 0.3) is 28.0 Å². The molecule has 10 heteroatoms. The van der Waals surface area contributed by atoms with Crippen molar-refractivity contribution in [2.45, 2.75) is 6.18 Å². The van der Waals surface area contributed by atoms with Gasteiger partial charge in [-0.2, -0.15) is 13.2 Å². The summed E-state index contributed by atoms with van der Waals surface area (Å²) in [5, 5.41) is 4.00. The number of fused-ring (bicyclic) bond motifs is 1. The maximum atomic E-state index is 13.2. The van der Waals surface area contributed by atoms with E-state index in [1.165, 1.54) is 24.4 Å². The van der Waals surface area contributed by atoms with Gasteiger partial charge in [0.2, 0.25) is 0 Å². The molecular formula is C21H15F4N5O. The summed E-state index contributed by atoms with van der Waals surface area (Å²) in [5.74, 6) is -0.225. The van der Waals surface area contributed by atoms with Gasteiger partial charge in [0.05, 0.1) is 11.9 Å². The van der Waals surface area contributed by atoms with Gasteiger partial charge in [-0.1, -0.05) is 12.1 Å². The first-order valence-corrected chi connectivity index (χ1v) is 9.09. The van der Waals surface area contributed by atoms with Crippen molar-refractivity contribution in [3.63, 3.8) is 0 Å². The fourth-order valence-corrected chi connectivity index (χ4v) is 3.02. The maximum absolute atomic E-state index is 13.2. The van der Waals surface area contributed by atoms with Crippen molar-refractivity contribution in [2.24, 2.45) is 0 Å². The SMILES string of the molecule is O=C(NCC(F)(F)F)Nc1cc(-c2cnc3cc(-c4ccc(F)cc4)ccn23)ccn1. The molecule has 4 aromatic rings. The van der Waals surface area contributed by atoms with Crippen molar-refractivity contribution in [3.8, 4) is 22.4 Å². The molecule has 0 atom stereocenters. The molecule has 0 aliphatic heterocycles. The van der Waals surface area contributed by atoms with E-state index in [9.17, 15) is 22.4 Å². The highest BCUT2D eigenvalue weighted by Crippen LogP contribution is 2.26. The lowest BCUT2D eigenvalue weighted by atomic mass is 10.1. The summed E-state index contributed by atoms with van der Waals surface area (Å²) in [4.78, 5) is 20.0. The van der Waals surface area contributed by atoms with E-state index in [0.717, 1.165) is 11.1 Å². The molecule has 158 valence electrons. The quantitative estimate of drug-likeness (QED) is 0.454. The molecule has 0 saturated heterocycles. The molecule has 0 radical (unpaired) electrons. The number of anilines is 1. The molecule has 2 amide bonds. The van der Waals surface area contributed by atoms with Gasteiger partial charge in [0, 0.05) is 18.0 Å². The maximum Gasteiger partial charge on any atom is 0.405 e. The molecule has 0 spiro atoms. The van der Waals surface area contributed by atoms with E-state index in [1.54, 1.807) is 35.9 Å². The third-order valence-electron chi connectivity index (χ3n) is 4.44. The summed E-state index contributed by atoms with van der Waals surface area (Å²) in [6.45, 7) is -1.44. The number of amides is 2. The average molecular weight is 429 g/mol. The van der Waals surface area contributed by atoms with Gasteiger partial charge in [0.1, 0.15) is 23.8 Å². The molecule has 4 rings (SSSR count). The molecule has 0 fully saturated rings. The van der Waals surface area contributed by atoms with E-state index in [1.807, 2.05) is 16.5 Å². The minimum atomic E-state index is -4.50. The van der Waals surface area contributed by atoms with Gasteiger partial charge in [-0.15, -0.1) is 0 Å². The Labute approximate surface area is 173 Å². The molecule has 0 bridgehead atoms. The number of carbonyl (C=O) groups is 1. The molecule has 2 N–H and O–H groups in total. The van der Waals surface area contributed by atoms with Crippen molar-refractivity contribution in [1.82, 2.24) is 19.7 Å². The Bertz CT molecular complexity index is 1230. The van der Waals surface area contributed by atoms with Gasteiger partial charge < -0.3 is 5.32 Å². The highest BCUT2D eigenvalue weighted by molar-refractivity contribution is 5.89. The third kappa shape index (κ3) is 4.80. The molecule has 31 heavy (non-hydrogen) atoms. The highest BCUT2D eigenvalue weighted by Gasteiger charge is 2.27. The minimum Gasteiger partial charge on any atom is -0.329 e. The first-order chi connectivity index (χ1) is 14.8. The predicted octanol–water partition coefficient (Wildman–Crippen LogP) is 4.89. The number of imidazole rings is 1. The van der Waals surface area contributed by atoms with Gasteiger partial charge in [0.15, 0.2) is 0 Å². The first-order valence-electron chi connectivity index (χ1n) is 9.09. The van der Waals surface area contributed by atoms with Crippen LogP contribution in [0, 0.1) is 5.82 Å². The third-order valence-corrected chi connectivity index (χ3v) is 4.44. The summed E-state index contributed by atoms with van der Waals surface area (Å²) in [6, 6.07) is 12.0. The van der Waals surface area contributed by atoms with Crippen LogP contribution in [0.15, 0.2) is 67.1 Å². The van der Waals surface area contributed by atoms with Crippen molar-refractivity contribution >= 4 is 17.5 Å². The molecule has 3 heterocycles. The van der Waals surface area contributed by atoms with E-state index in [0.29, 0.717) is 16.9 Å². The second-order valence-electron chi connectivity index (χ2n) is 6.65. The fraction of sp³-hybridized carbons (Fsp3) is 0.0952. The Morgan fingerprint density at radius 1 is 0.968 bits per heavy atom. The molecule has 0 aliphatic rings. The molecule has 1 aromatic carbocycles. The number of nitrogens with one attached hydrogen (secondary N) is 2. The van der Waals surface area contributed by atoms with Crippen LogP contribution in [0.5, 0.6) is 0 Å². The van der Waals surface area contributed by atoms with E-state index < -0.39 is 18.8 Å². The Balaban J connectivity index is 1.57. The normalized spacial score (nSPS) is 11.5. The van der Waals surface area contributed by atoms with Crippen molar-refractivity contribution in [2.75, 3.05) is 11.9 Å². The Kier molecular flexibility index (Phi) is 5.28. The van der Waals surface area contributed by atoms with Gasteiger partial charge in [-0.05, 0) is 47.5 Å². The number of hydrogen-bond acceptors (Lipinski definition) is 3. The van der Waals surface area contributed by atoms with Crippen LogP contribution in [0.4, 0.5) is 28.2 Å². The molecular weight excluding hydrogens is 414 g/mol. The largest absolute Gasteiger partial charge is 0.405 e. The summed E-state index contributed by atoms with van der Waals surface area (Å²) in [6.07, 6.45) is 0.365. The summed E-state index contributed by atoms with van der Waals surface area (Å²) in [5.41, 5.74) is 3.70. The number of alkyl halides is 3. The zero-order valence-corrected chi connectivity index (χ0v) is 15.8. The van der Waals surface area contributed by atoms with E-state index in [-0.39, 0.29) is 11.6 Å². The van der Waals surface area contributed by atoms with Crippen LogP contribution < -0.4 is 10.6 Å². The Morgan fingerprint density at radius 2 is 1.74 bits per heavy atom. The standard InChI is InChI=1S/C21H15F4N5O/c22-16-3-1-13(2-4-16)14-6-8-30-17(11-27-19(30)10-14)15-5-7-26-18(9-15)29-20(31)28-12-21(23,24)25/h1-11H,12H2,(H2,26,28,29,31). The number of nitrogens with zero attached hydrogens (tertiary/aromatic N) is 3. The number of aromatic nitrogens is 3. The van der Waals surface area contributed by atoms with Crippen LogP contribution in [0.3, 0.4) is 0 Å². The molecule has 0 unspecified atom stereocenters. The number of hydrogen-bond donors (Lipinski definition) is 2. The van der Waals surface area contributed by atoms with E-state index in [4.69, 9.17) is 0 Å². The van der Waals surface area contributed by atoms with Crippen molar-refractivity contribution in [3.05, 3.63) is 72.9 Å². The molecule has 0 aliphatic carbocycles. The van der Waals surface area contributed by atoms with Crippen molar-refractivity contribution < 1.29 is 22.4 Å². The van der Waals surface area contributed by atoms with Crippen molar-refractivity contribution in [1.29, 1.82) is 0 Å². The Morgan fingerprint density at radius 3 is 2.48 bits per heavy atom. The van der Waals surface area contributed by atoms with Gasteiger partial charge in [0.25, 0.3) is 0 Å². The van der Waals surface area contributed by atoms with Gasteiger partial charge in [-0.25, -0.2) is 19.2 Å². The lowest BCUT2D eigenvalue weighted by Crippen LogP contribution is -2.36. The Hall–Kier alpha value is -3.95. The van der Waals surface area contributed by atoms with E-state index >= 15 is 0 Å². The predicted molar refractivity (Wildman–Crippen MR) is 107 cm³/mol. The summed E-state index contributed by atoms with van der Waals surface area (Å²) in [7, 11) is 0. The van der Waals surface area contributed by atoms with Crippen LogP contribution in [0.2, 0.25) is 0 Å². The minimum absolute atomic E-state index is 0.0926. The number of pyridine rings is 2. The first kappa shape index (κ1) is 20.3. The van der Waals surface area contributed by atoms with Gasteiger partial charge >= 0.3 is 12.2 Å². The summed E-state index contributed by atoms with van der Waals surface area (Å²) >= 11 is 0. The number of rotatable bonds is 4. The topological polar surface area (TPSA) is 71.3 Å². The fourth-order valence-electron chi connectivity index (χ4n) is 3.02. The summed E-state index contributed by atoms with van der Waals surface area (Å²) < 4.78 is 51.6. The average Bonchev–Trinajstić information content (AvgIpc) is 3.16. The monoisotopic (exact) mass is 429 g/mol. The zero-order valence-electron chi connectivity index (χ0n) is 15.8. The van der Waals surface area contributed by atoms with E-state index in [2.05, 4.69) is 15.3 Å². The second kappa shape index (κ2) is 8.05.